The van der Waals surface area contributed by atoms with E-state index in [0.29, 0.717) is 38.3 Å². The zero-order valence-electron chi connectivity index (χ0n) is 14.4. The molecule has 1 N–H and O–H groups in total. The second-order valence-electron chi connectivity index (χ2n) is 6.24. The molecule has 0 aromatic carbocycles. The maximum Gasteiger partial charge on any atom is 0.246 e. The van der Waals surface area contributed by atoms with Gasteiger partial charge in [0.1, 0.15) is 6.17 Å². The second kappa shape index (κ2) is 8.24. The largest absolute Gasteiger partial charge is 0.340 e. The Balaban J connectivity index is 1.93. The van der Waals surface area contributed by atoms with Gasteiger partial charge in [-0.3, -0.25) is 9.59 Å². The summed E-state index contributed by atoms with van der Waals surface area (Å²) in [6.07, 6.45) is 5.47. The van der Waals surface area contributed by atoms with E-state index in [1.54, 1.807) is 17.9 Å². The topological polar surface area (TPSA) is 52.7 Å². The van der Waals surface area contributed by atoms with Gasteiger partial charge in [0.15, 0.2) is 5.78 Å². The van der Waals surface area contributed by atoms with E-state index in [2.05, 4.69) is 11.9 Å². The lowest BCUT2D eigenvalue weighted by atomic mass is 10.1. The van der Waals surface area contributed by atoms with Crippen LogP contribution in [-0.2, 0) is 9.59 Å². The SMILES string of the molecule is C=C1CN(C(=O)/C=C/C2CC(F)CN2)CCN1/C(=C\CC)C(C)=O. The van der Waals surface area contributed by atoms with Crippen molar-refractivity contribution in [2.45, 2.75) is 38.9 Å². The van der Waals surface area contributed by atoms with Gasteiger partial charge < -0.3 is 15.1 Å². The number of hydrogen-bond donors (Lipinski definition) is 1. The number of ketones is 1. The number of nitrogens with one attached hydrogen (secondary N) is 1. The molecule has 0 radical (unpaired) electrons. The molecule has 0 saturated carbocycles. The summed E-state index contributed by atoms with van der Waals surface area (Å²) in [5.74, 6) is -0.102. The van der Waals surface area contributed by atoms with E-state index >= 15 is 0 Å². The molecule has 2 rings (SSSR count). The monoisotopic (exact) mass is 335 g/mol. The number of hydrogen-bond acceptors (Lipinski definition) is 4. The number of Topliss-reactive ketones (excluding diaryl/α,β-unsaturated/α-hetero) is 1. The standard InChI is InChI=1S/C18H26FN3O2/c1-4-5-17(14(3)23)22-9-8-21(12-13(22)2)18(24)7-6-16-10-15(19)11-20-16/h5-7,15-16,20H,2,4,8-12H2,1,3H3/b7-6+,17-5-. The van der Waals surface area contributed by atoms with Gasteiger partial charge >= 0.3 is 0 Å². The molecule has 2 heterocycles. The number of allylic oxidation sites excluding steroid dienone is 2. The van der Waals surface area contributed by atoms with Gasteiger partial charge in [0.05, 0.1) is 12.2 Å². The van der Waals surface area contributed by atoms with Crippen molar-refractivity contribution in [2.24, 2.45) is 0 Å². The fourth-order valence-electron chi connectivity index (χ4n) is 3.05. The van der Waals surface area contributed by atoms with Crippen LogP contribution >= 0.6 is 0 Å². The highest BCUT2D eigenvalue weighted by Gasteiger charge is 2.26. The van der Waals surface area contributed by atoms with E-state index in [0.717, 1.165) is 12.1 Å². The van der Waals surface area contributed by atoms with E-state index in [1.807, 2.05) is 17.9 Å². The second-order valence-corrected chi connectivity index (χ2v) is 6.24. The van der Waals surface area contributed by atoms with Crippen LogP contribution in [0.5, 0.6) is 0 Å². The molecule has 1 amide bonds. The molecule has 2 aliphatic heterocycles. The van der Waals surface area contributed by atoms with Crippen molar-refractivity contribution in [3.8, 4) is 0 Å². The number of carbonyl (C=O) groups excluding carboxylic acids is 2. The van der Waals surface area contributed by atoms with Gasteiger partial charge in [0, 0.05) is 44.4 Å². The molecule has 5 nitrogen and oxygen atoms in total. The molecule has 2 saturated heterocycles. The van der Waals surface area contributed by atoms with Gasteiger partial charge in [-0.15, -0.1) is 0 Å². The molecule has 0 aliphatic carbocycles. The van der Waals surface area contributed by atoms with Crippen LogP contribution in [0, 0.1) is 0 Å². The van der Waals surface area contributed by atoms with Crippen molar-refractivity contribution in [3.05, 3.63) is 36.2 Å². The molecule has 2 aliphatic rings. The van der Waals surface area contributed by atoms with Crippen molar-refractivity contribution >= 4 is 11.7 Å². The lowest BCUT2D eigenvalue weighted by molar-refractivity contribution is -0.126. The van der Waals surface area contributed by atoms with Crippen molar-refractivity contribution in [3.63, 3.8) is 0 Å². The van der Waals surface area contributed by atoms with Gasteiger partial charge in [-0.1, -0.05) is 25.7 Å². The summed E-state index contributed by atoms with van der Waals surface area (Å²) in [4.78, 5) is 27.7. The van der Waals surface area contributed by atoms with Crippen LogP contribution in [0.1, 0.15) is 26.7 Å². The summed E-state index contributed by atoms with van der Waals surface area (Å²) in [5.41, 5.74) is 1.38. The zero-order chi connectivity index (χ0) is 17.7. The number of piperazine rings is 1. The first-order valence-electron chi connectivity index (χ1n) is 8.43. The van der Waals surface area contributed by atoms with Crippen LogP contribution in [0.3, 0.4) is 0 Å². The Kier molecular flexibility index (Phi) is 6.31. The molecular weight excluding hydrogens is 309 g/mol. The number of amides is 1. The van der Waals surface area contributed by atoms with E-state index in [4.69, 9.17) is 0 Å². The lowest BCUT2D eigenvalue weighted by Crippen LogP contribution is -2.46. The summed E-state index contributed by atoms with van der Waals surface area (Å²) in [7, 11) is 0. The average molecular weight is 335 g/mol. The Hall–Kier alpha value is -1.95. The van der Waals surface area contributed by atoms with Gasteiger partial charge in [0.2, 0.25) is 5.91 Å². The molecule has 0 aromatic rings. The van der Waals surface area contributed by atoms with Crippen LogP contribution in [0.25, 0.3) is 0 Å². The maximum atomic E-state index is 13.1. The van der Waals surface area contributed by atoms with Crippen LogP contribution < -0.4 is 5.32 Å². The van der Waals surface area contributed by atoms with Gasteiger partial charge in [-0.05, 0) is 12.8 Å². The Morgan fingerprint density at radius 2 is 2.17 bits per heavy atom. The van der Waals surface area contributed by atoms with E-state index in [-0.39, 0.29) is 17.7 Å². The number of carbonyl (C=O) groups is 2. The van der Waals surface area contributed by atoms with Crippen LogP contribution in [-0.4, -0.2) is 59.9 Å². The lowest BCUT2D eigenvalue weighted by Gasteiger charge is -2.38. The van der Waals surface area contributed by atoms with E-state index in [9.17, 15) is 14.0 Å². The van der Waals surface area contributed by atoms with Crippen molar-refractivity contribution in [1.82, 2.24) is 15.1 Å². The zero-order valence-corrected chi connectivity index (χ0v) is 14.4. The third-order valence-electron chi connectivity index (χ3n) is 4.29. The number of alkyl halides is 1. The first-order valence-corrected chi connectivity index (χ1v) is 8.43. The van der Waals surface area contributed by atoms with Crippen LogP contribution in [0.15, 0.2) is 36.2 Å². The summed E-state index contributed by atoms with van der Waals surface area (Å²) < 4.78 is 13.1. The van der Waals surface area contributed by atoms with Gasteiger partial charge in [-0.25, -0.2) is 4.39 Å². The summed E-state index contributed by atoms with van der Waals surface area (Å²) in [6, 6.07) is -0.0785. The molecule has 24 heavy (non-hydrogen) atoms. The number of nitrogens with zero attached hydrogens (tertiary/aromatic N) is 2. The quantitative estimate of drug-likeness (QED) is 0.778. The highest BCUT2D eigenvalue weighted by molar-refractivity contribution is 5.93. The minimum absolute atomic E-state index is 0.00533. The van der Waals surface area contributed by atoms with Crippen LogP contribution in [0.2, 0.25) is 0 Å². The maximum absolute atomic E-state index is 13.1. The minimum Gasteiger partial charge on any atom is -0.340 e. The molecule has 2 unspecified atom stereocenters. The molecule has 0 spiro atoms. The Labute approximate surface area is 142 Å². The van der Waals surface area contributed by atoms with Crippen molar-refractivity contribution in [1.29, 1.82) is 0 Å². The first-order chi connectivity index (χ1) is 11.4. The van der Waals surface area contributed by atoms with Crippen molar-refractivity contribution in [2.75, 3.05) is 26.2 Å². The molecule has 2 atom stereocenters. The Morgan fingerprint density at radius 3 is 2.71 bits per heavy atom. The Morgan fingerprint density at radius 1 is 1.42 bits per heavy atom. The molecule has 132 valence electrons. The normalized spacial score (nSPS) is 25.6. The Bertz CT molecular complexity index is 571. The predicted molar refractivity (Wildman–Crippen MR) is 91.9 cm³/mol. The highest BCUT2D eigenvalue weighted by Crippen LogP contribution is 2.19. The molecule has 0 aromatic heterocycles. The number of halogens is 1. The van der Waals surface area contributed by atoms with Gasteiger partial charge in [-0.2, -0.15) is 0 Å². The van der Waals surface area contributed by atoms with E-state index in [1.165, 1.54) is 6.08 Å². The fraction of sp³-hybridized carbons (Fsp3) is 0.556. The predicted octanol–water partition coefficient (Wildman–Crippen LogP) is 1.78. The van der Waals surface area contributed by atoms with Crippen LogP contribution in [0.4, 0.5) is 4.39 Å². The molecule has 0 bridgehead atoms. The minimum atomic E-state index is -0.839. The van der Waals surface area contributed by atoms with Crippen molar-refractivity contribution < 1.29 is 14.0 Å². The highest BCUT2D eigenvalue weighted by atomic mass is 19.1. The first kappa shape index (κ1) is 18.4. The summed E-state index contributed by atoms with van der Waals surface area (Å²) in [6.45, 7) is 9.35. The van der Waals surface area contributed by atoms with Gasteiger partial charge in [0.25, 0.3) is 0 Å². The molecular formula is C18H26FN3O2. The molecule has 6 heteroatoms. The average Bonchev–Trinajstić information content (AvgIpc) is 2.96. The molecule has 2 fully saturated rings. The summed E-state index contributed by atoms with van der Waals surface area (Å²) >= 11 is 0. The fourth-order valence-corrected chi connectivity index (χ4v) is 3.05. The third-order valence-corrected chi connectivity index (χ3v) is 4.29. The smallest absolute Gasteiger partial charge is 0.246 e. The summed E-state index contributed by atoms with van der Waals surface area (Å²) in [5, 5.41) is 3.02. The third kappa shape index (κ3) is 4.54. The van der Waals surface area contributed by atoms with E-state index < -0.39 is 6.17 Å². The number of rotatable bonds is 5.